The number of hydrogen-bond acceptors (Lipinski definition) is 5. The van der Waals surface area contributed by atoms with E-state index in [-0.39, 0.29) is 23.0 Å². The van der Waals surface area contributed by atoms with Crippen molar-refractivity contribution >= 4 is 33.8 Å². The smallest absolute Gasteiger partial charge is 0.262 e. The number of benzene rings is 3. The Kier molecular flexibility index (Phi) is 5.50. The van der Waals surface area contributed by atoms with Gasteiger partial charge < -0.3 is 15.1 Å². The topological polar surface area (TPSA) is 73.7 Å². The number of phenolic OH excluding ortho intramolecular Hbond substituents is 2. The Balaban J connectivity index is 1.53. The number of carbonyl (C=O) groups excluding carboxylic acids is 1. The number of hydrogen-bond donors (Lipinski definition) is 2. The molecule has 0 atom stereocenters. The number of aromatic hydroxyl groups is 2. The number of anilines is 1. The van der Waals surface area contributed by atoms with Gasteiger partial charge in [-0.3, -0.25) is 9.78 Å². The molecular formula is C27H20N2O3S. The van der Waals surface area contributed by atoms with E-state index in [0.29, 0.717) is 12.2 Å². The van der Waals surface area contributed by atoms with Crippen LogP contribution >= 0.6 is 11.3 Å². The molecule has 0 spiro atoms. The molecule has 2 heterocycles. The van der Waals surface area contributed by atoms with Gasteiger partial charge in [0, 0.05) is 23.3 Å². The van der Waals surface area contributed by atoms with E-state index in [1.54, 1.807) is 22.4 Å². The van der Waals surface area contributed by atoms with Crippen molar-refractivity contribution in [3.63, 3.8) is 0 Å². The number of phenols is 2. The lowest BCUT2D eigenvalue weighted by Gasteiger charge is -2.23. The molecule has 162 valence electrons. The first-order valence-corrected chi connectivity index (χ1v) is 11.3. The minimum absolute atomic E-state index is 0.0950. The molecule has 0 unspecified atom stereocenters. The highest BCUT2D eigenvalue weighted by molar-refractivity contribution is 7.07. The van der Waals surface area contributed by atoms with Gasteiger partial charge in [-0.2, -0.15) is 11.3 Å². The number of rotatable bonds is 5. The third kappa shape index (κ3) is 4.16. The van der Waals surface area contributed by atoms with Crippen LogP contribution in [0.4, 0.5) is 5.69 Å². The molecule has 2 N–H and O–H groups in total. The molecule has 0 aliphatic heterocycles. The van der Waals surface area contributed by atoms with Crippen LogP contribution in [-0.2, 0) is 6.54 Å². The number of aromatic nitrogens is 1. The second-order valence-electron chi connectivity index (χ2n) is 7.65. The lowest BCUT2D eigenvalue weighted by Crippen LogP contribution is -2.30. The van der Waals surface area contributed by atoms with Gasteiger partial charge in [0.15, 0.2) is 0 Å². The van der Waals surface area contributed by atoms with Gasteiger partial charge in [0.25, 0.3) is 5.91 Å². The van der Waals surface area contributed by atoms with Crippen LogP contribution in [0.3, 0.4) is 0 Å². The van der Waals surface area contributed by atoms with Crippen molar-refractivity contribution in [1.82, 2.24) is 4.98 Å². The molecule has 5 rings (SSSR count). The van der Waals surface area contributed by atoms with Crippen LogP contribution in [0.15, 0.2) is 95.8 Å². The lowest BCUT2D eigenvalue weighted by atomic mass is 10.0. The highest BCUT2D eigenvalue weighted by Gasteiger charge is 2.22. The van der Waals surface area contributed by atoms with E-state index in [4.69, 9.17) is 0 Å². The summed E-state index contributed by atoms with van der Waals surface area (Å²) in [7, 11) is 0. The van der Waals surface area contributed by atoms with Gasteiger partial charge in [-0.15, -0.1) is 0 Å². The Labute approximate surface area is 194 Å². The molecule has 0 saturated heterocycles. The largest absolute Gasteiger partial charge is 0.508 e. The zero-order valence-corrected chi connectivity index (χ0v) is 18.4. The predicted octanol–water partition coefficient (Wildman–Crippen LogP) is 6.22. The summed E-state index contributed by atoms with van der Waals surface area (Å²) in [5.41, 5.74) is 4.85. The fourth-order valence-electron chi connectivity index (χ4n) is 3.86. The van der Waals surface area contributed by atoms with E-state index in [9.17, 15) is 15.0 Å². The second-order valence-corrected chi connectivity index (χ2v) is 8.43. The third-order valence-corrected chi connectivity index (χ3v) is 6.25. The average Bonchev–Trinajstić information content (AvgIpc) is 3.35. The number of carbonyl (C=O) groups is 1. The molecule has 0 fully saturated rings. The summed E-state index contributed by atoms with van der Waals surface area (Å²) >= 11 is 1.56. The third-order valence-electron chi connectivity index (χ3n) is 5.52. The Morgan fingerprint density at radius 2 is 1.76 bits per heavy atom. The van der Waals surface area contributed by atoms with Crippen molar-refractivity contribution in [3.05, 3.63) is 107 Å². The molecule has 0 radical (unpaired) electrons. The lowest BCUT2D eigenvalue weighted by molar-refractivity contribution is 0.0982. The minimum Gasteiger partial charge on any atom is -0.508 e. The van der Waals surface area contributed by atoms with E-state index in [1.165, 1.54) is 18.2 Å². The molecule has 1 amide bonds. The molecule has 33 heavy (non-hydrogen) atoms. The number of fused-ring (bicyclic) bond motifs is 1. The second kappa shape index (κ2) is 8.76. The first kappa shape index (κ1) is 20.7. The molecule has 0 bridgehead atoms. The summed E-state index contributed by atoms with van der Waals surface area (Å²) in [6, 6.07) is 23.7. The Morgan fingerprint density at radius 1 is 0.939 bits per heavy atom. The van der Waals surface area contributed by atoms with Gasteiger partial charge in [0.2, 0.25) is 0 Å². The number of para-hydroxylation sites is 1. The van der Waals surface area contributed by atoms with Crippen LogP contribution in [0.1, 0.15) is 15.9 Å². The summed E-state index contributed by atoms with van der Waals surface area (Å²) in [4.78, 5) is 19.5. The average molecular weight is 453 g/mol. The Morgan fingerprint density at radius 3 is 2.52 bits per heavy atom. The zero-order valence-electron chi connectivity index (χ0n) is 17.6. The SMILES string of the molecule is O=C(c1ccc(O)cc1O)N(Cc1ccsc1)c1ccc(-c2ccnc3ccccc23)cc1. The van der Waals surface area contributed by atoms with Gasteiger partial charge >= 0.3 is 0 Å². The van der Waals surface area contributed by atoms with E-state index in [2.05, 4.69) is 4.98 Å². The van der Waals surface area contributed by atoms with E-state index >= 15 is 0 Å². The van der Waals surface area contributed by atoms with Crippen molar-refractivity contribution in [2.75, 3.05) is 4.90 Å². The number of pyridine rings is 1. The minimum atomic E-state index is -0.346. The molecule has 0 aliphatic carbocycles. The maximum atomic E-state index is 13.4. The maximum absolute atomic E-state index is 13.4. The van der Waals surface area contributed by atoms with Crippen molar-refractivity contribution in [1.29, 1.82) is 0 Å². The van der Waals surface area contributed by atoms with Crippen LogP contribution in [-0.4, -0.2) is 21.1 Å². The monoisotopic (exact) mass is 452 g/mol. The molecule has 6 heteroatoms. The van der Waals surface area contributed by atoms with Crippen LogP contribution in [0, 0.1) is 0 Å². The van der Waals surface area contributed by atoms with E-state index in [1.807, 2.05) is 71.4 Å². The summed E-state index contributed by atoms with van der Waals surface area (Å²) in [6.07, 6.45) is 1.80. The van der Waals surface area contributed by atoms with Gasteiger partial charge in [0.05, 0.1) is 17.6 Å². The van der Waals surface area contributed by atoms with Gasteiger partial charge in [-0.05, 0) is 69.9 Å². The highest BCUT2D eigenvalue weighted by Crippen LogP contribution is 2.31. The van der Waals surface area contributed by atoms with Crippen LogP contribution in [0.5, 0.6) is 11.5 Å². The first-order chi connectivity index (χ1) is 16.1. The standard InChI is InChI=1S/C27H20N2O3S/c30-21-9-10-24(26(31)15-21)27(32)29(16-18-12-14-33-17-18)20-7-5-19(6-8-20)22-11-13-28-25-4-2-1-3-23(22)25/h1-15,17,30-31H,16H2. The van der Waals surface area contributed by atoms with Gasteiger partial charge in [-0.1, -0.05) is 30.3 Å². The number of thiophene rings is 1. The predicted molar refractivity (Wildman–Crippen MR) is 132 cm³/mol. The highest BCUT2D eigenvalue weighted by atomic mass is 32.1. The Hall–Kier alpha value is -4.16. The summed E-state index contributed by atoms with van der Waals surface area (Å²) in [5.74, 6) is -0.696. The van der Waals surface area contributed by atoms with Gasteiger partial charge in [-0.25, -0.2) is 0 Å². The van der Waals surface area contributed by atoms with Crippen LogP contribution in [0.2, 0.25) is 0 Å². The van der Waals surface area contributed by atoms with E-state index < -0.39 is 0 Å². The Bertz CT molecular complexity index is 1420. The molecule has 0 saturated carbocycles. The maximum Gasteiger partial charge on any atom is 0.262 e. The quantitative estimate of drug-likeness (QED) is 0.332. The fraction of sp³-hybridized carbons (Fsp3) is 0.0370. The molecule has 5 nitrogen and oxygen atoms in total. The molecular weight excluding hydrogens is 432 g/mol. The number of amides is 1. The van der Waals surface area contributed by atoms with Crippen molar-refractivity contribution in [3.8, 4) is 22.6 Å². The van der Waals surface area contributed by atoms with Crippen molar-refractivity contribution in [2.45, 2.75) is 6.54 Å². The first-order valence-electron chi connectivity index (χ1n) is 10.4. The summed E-state index contributed by atoms with van der Waals surface area (Å²) in [5, 5.41) is 24.9. The molecule has 3 aromatic carbocycles. The summed E-state index contributed by atoms with van der Waals surface area (Å²) < 4.78 is 0. The van der Waals surface area contributed by atoms with Crippen molar-refractivity contribution < 1.29 is 15.0 Å². The molecule has 5 aromatic rings. The van der Waals surface area contributed by atoms with E-state index in [0.717, 1.165) is 27.6 Å². The van der Waals surface area contributed by atoms with Crippen LogP contribution in [0.25, 0.3) is 22.0 Å². The molecule has 2 aromatic heterocycles. The number of nitrogens with zero attached hydrogens (tertiary/aromatic N) is 2. The fourth-order valence-corrected chi connectivity index (χ4v) is 4.52. The zero-order chi connectivity index (χ0) is 22.8. The normalized spacial score (nSPS) is 10.9. The van der Waals surface area contributed by atoms with Gasteiger partial charge in [0.1, 0.15) is 11.5 Å². The summed E-state index contributed by atoms with van der Waals surface area (Å²) in [6.45, 7) is 0.361. The van der Waals surface area contributed by atoms with Crippen LogP contribution < -0.4 is 4.90 Å². The van der Waals surface area contributed by atoms with Crippen molar-refractivity contribution in [2.24, 2.45) is 0 Å². The molecule has 0 aliphatic rings.